The summed E-state index contributed by atoms with van der Waals surface area (Å²) in [5.74, 6) is -1.90. The number of carbonyl (C=O) groups is 2. The third-order valence-electron chi connectivity index (χ3n) is 3.34. The number of hydrazine groups is 1. The van der Waals surface area contributed by atoms with Crippen molar-refractivity contribution in [2.24, 2.45) is 5.92 Å². The summed E-state index contributed by atoms with van der Waals surface area (Å²) in [5.41, 5.74) is 4.98. The molecule has 2 rings (SSSR count). The minimum absolute atomic E-state index is 0.0136. The van der Waals surface area contributed by atoms with Gasteiger partial charge in [-0.15, -0.1) is 0 Å². The molecule has 2 N–H and O–H groups in total. The van der Waals surface area contributed by atoms with Crippen molar-refractivity contribution >= 4 is 17.5 Å². The molecule has 1 aromatic heterocycles. The summed E-state index contributed by atoms with van der Waals surface area (Å²) in [6.45, 7) is 1.71. The minimum Gasteiger partial charge on any atom is -0.273 e. The normalized spacial score (nSPS) is 11.6. The monoisotopic (exact) mass is 349 g/mol. The molecule has 0 aliphatic heterocycles. The Morgan fingerprint density at radius 3 is 2.60 bits per heavy atom. The highest BCUT2D eigenvalue weighted by atomic mass is 19.1. The topological polar surface area (TPSA) is 119 Å². The molecule has 9 nitrogen and oxygen atoms in total. The van der Waals surface area contributed by atoms with Crippen molar-refractivity contribution in [3.8, 4) is 0 Å². The zero-order chi connectivity index (χ0) is 18.4. The van der Waals surface area contributed by atoms with Gasteiger partial charge in [-0.05, 0) is 17.7 Å². The maximum atomic E-state index is 12.8. The smallest absolute Gasteiger partial charge is 0.273 e. The molecule has 10 heteroatoms. The van der Waals surface area contributed by atoms with E-state index in [-0.39, 0.29) is 18.7 Å². The van der Waals surface area contributed by atoms with Crippen molar-refractivity contribution < 1.29 is 18.9 Å². The number of nitrogens with one attached hydrogen (secondary N) is 2. The lowest BCUT2D eigenvalue weighted by molar-refractivity contribution is -0.385. The van der Waals surface area contributed by atoms with Gasteiger partial charge in [0.15, 0.2) is 0 Å². The molecule has 0 unspecified atom stereocenters. The van der Waals surface area contributed by atoms with Crippen LogP contribution in [0, 0.1) is 21.8 Å². The van der Waals surface area contributed by atoms with Crippen LogP contribution in [0.2, 0.25) is 0 Å². The van der Waals surface area contributed by atoms with Crippen LogP contribution in [0.4, 0.5) is 10.1 Å². The molecule has 0 aliphatic carbocycles. The van der Waals surface area contributed by atoms with Crippen LogP contribution in [-0.4, -0.2) is 26.5 Å². The van der Waals surface area contributed by atoms with Crippen molar-refractivity contribution in [2.75, 3.05) is 0 Å². The second-order valence-corrected chi connectivity index (χ2v) is 5.42. The number of aromatic nitrogens is 2. The Labute approximate surface area is 141 Å². The lowest BCUT2D eigenvalue weighted by atomic mass is 10.1. The van der Waals surface area contributed by atoms with E-state index < -0.39 is 28.5 Å². The van der Waals surface area contributed by atoms with Gasteiger partial charge in [-0.3, -0.25) is 35.2 Å². The predicted molar refractivity (Wildman–Crippen MR) is 84.4 cm³/mol. The summed E-state index contributed by atoms with van der Waals surface area (Å²) in [4.78, 5) is 33.7. The van der Waals surface area contributed by atoms with E-state index in [0.29, 0.717) is 5.56 Å². The Bertz CT molecular complexity index is 774. The number of carbonyl (C=O) groups excluding carboxylic acids is 2. The number of hydrogen-bond acceptors (Lipinski definition) is 5. The van der Waals surface area contributed by atoms with Crippen LogP contribution in [0.15, 0.2) is 36.7 Å². The summed E-state index contributed by atoms with van der Waals surface area (Å²) in [7, 11) is 0. The molecular weight excluding hydrogens is 333 g/mol. The molecule has 0 bridgehead atoms. The standard InChI is InChI=1S/C15H16FN5O4/c1-10(8-20-9-13(7-17-20)21(24)25)15(23)19-18-14(22)6-11-2-4-12(16)5-3-11/h2-5,7,9-10H,6,8H2,1H3,(H,18,22)(H,19,23)/t10-/m1/s1. The first kappa shape index (κ1) is 18.0. The Balaban J connectivity index is 1.79. The summed E-state index contributed by atoms with van der Waals surface area (Å²) < 4.78 is 14.1. The van der Waals surface area contributed by atoms with E-state index in [1.807, 2.05) is 0 Å². The van der Waals surface area contributed by atoms with E-state index in [0.717, 1.165) is 6.20 Å². The maximum Gasteiger partial charge on any atom is 0.306 e. The van der Waals surface area contributed by atoms with Crippen LogP contribution >= 0.6 is 0 Å². The molecule has 0 radical (unpaired) electrons. The molecule has 0 fully saturated rings. The molecule has 2 aromatic rings. The molecule has 1 atom stereocenters. The highest BCUT2D eigenvalue weighted by Gasteiger charge is 2.17. The van der Waals surface area contributed by atoms with Crippen molar-refractivity contribution in [1.82, 2.24) is 20.6 Å². The van der Waals surface area contributed by atoms with E-state index in [9.17, 15) is 24.1 Å². The van der Waals surface area contributed by atoms with Gasteiger partial charge in [-0.25, -0.2) is 4.39 Å². The van der Waals surface area contributed by atoms with Crippen LogP contribution in [0.5, 0.6) is 0 Å². The number of hydrogen-bond donors (Lipinski definition) is 2. The second kappa shape index (κ2) is 7.99. The third-order valence-corrected chi connectivity index (χ3v) is 3.34. The fourth-order valence-electron chi connectivity index (χ4n) is 2.00. The van der Waals surface area contributed by atoms with Crippen molar-refractivity contribution in [2.45, 2.75) is 19.9 Å². The van der Waals surface area contributed by atoms with Gasteiger partial charge in [0.2, 0.25) is 11.8 Å². The van der Waals surface area contributed by atoms with Crippen molar-refractivity contribution in [3.05, 3.63) is 58.2 Å². The quantitative estimate of drug-likeness (QED) is 0.594. The van der Waals surface area contributed by atoms with Crippen LogP contribution in [0.1, 0.15) is 12.5 Å². The zero-order valence-corrected chi connectivity index (χ0v) is 13.3. The molecule has 25 heavy (non-hydrogen) atoms. The first-order valence-electron chi connectivity index (χ1n) is 7.35. The van der Waals surface area contributed by atoms with Gasteiger partial charge in [0, 0.05) is 0 Å². The molecule has 1 heterocycles. The Kier molecular flexibility index (Phi) is 5.77. The van der Waals surface area contributed by atoms with E-state index in [1.54, 1.807) is 6.92 Å². The Morgan fingerprint density at radius 1 is 1.32 bits per heavy atom. The number of benzene rings is 1. The number of nitro groups is 1. The van der Waals surface area contributed by atoms with E-state index in [4.69, 9.17) is 0 Å². The fourth-order valence-corrected chi connectivity index (χ4v) is 2.00. The average Bonchev–Trinajstić information content (AvgIpc) is 3.03. The first-order chi connectivity index (χ1) is 11.8. The van der Waals surface area contributed by atoms with Crippen LogP contribution < -0.4 is 10.9 Å². The van der Waals surface area contributed by atoms with E-state index in [2.05, 4.69) is 16.0 Å². The van der Waals surface area contributed by atoms with Gasteiger partial charge < -0.3 is 0 Å². The summed E-state index contributed by atoms with van der Waals surface area (Å²) in [5, 5.41) is 14.4. The van der Waals surface area contributed by atoms with Crippen LogP contribution in [-0.2, 0) is 22.6 Å². The fraction of sp³-hybridized carbons (Fsp3) is 0.267. The largest absolute Gasteiger partial charge is 0.306 e. The maximum absolute atomic E-state index is 12.8. The number of amides is 2. The van der Waals surface area contributed by atoms with Gasteiger partial charge in [-0.2, -0.15) is 5.10 Å². The highest BCUT2D eigenvalue weighted by molar-refractivity contribution is 5.84. The molecule has 132 valence electrons. The Morgan fingerprint density at radius 2 is 2.00 bits per heavy atom. The number of halogens is 1. The molecule has 2 amide bonds. The minimum atomic E-state index is -0.579. The van der Waals surface area contributed by atoms with E-state index >= 15 is 0 Å². The van der Waals surface area contributed by atoms with E-state index in [1.165, 1.54) is 35.1 Å². The number of nitrogens with zero attached hydrogens (tertiary/aromatic N) is 3. The zero-order valence-electron chi connectivity index (χ0n) is 13.3. The van der Waals surface area contributed by atoms with Crippen molar-refractivity contribution in [1.29, 1.82) is 0 Å². The lowest BCUT2D eigenvalue weighted by Crippen LogP contribution is -2.45. The van der Waals surface area contributed by atoms with Gasteiger partial charge in [0.1, 0.15) is 18.2 Å². The van der Waals surface area contributed by atoms with Crippen LogP contribution in [0.25, 0.3) is 0 Å². The molecular formula is C15H16FN5O4. The predicted octanol–water partition coefficient (Wildman–Crippen LogP) is 0.957. The molecule has 0 spiro atoms. The molecule has 0 aliphatic rings. The van der Waals surface area contributed by atoms with Gasteiger partial charge in [-0.1, -0.05) is 19.1 Å². The molecule has 1 aromatic carbocycles. The van der Waals surface area contributed by atoms with Gasteiger partial charge in [0.05, 0.1) is 23.8 Å². The highest BCUT2D eigenvalue weighted by Crippen LogP contribution is 2.09. The van der Waals surface area contributed by atoms with Crippen LogP contribution in [0.3, 0.4) is 0 Å². The lowest BCUT2D eigenvalue weighted by Gasteiger charge is -2.13. The van der Waals surface area contributed by atoms with Gasteiger partial charge in [0.25, 0.3) is 0 Å². The summed E-state index contributed by atoms with van der Waals surface area (Å²) in [6, 6.07) is 5.44. The average molecular weight is 349 g/mol. The third kappa shape index (κ3) is 5.37. The summed E-state index contributed by atoms with van der Waals surface area (Å²) in [6.07, 6.45) is 2.30. The molecule has 0 saturated carbocycles. The van der Waals surface area contributed by atoms with Gasteiger partial charge >= 0.3 is 5.69 Å². The Hall–Kier alpha value is -3.30. The van der Waals surface area contributed by atoms with Crippen molar-refractivity contribution in [3.63, 3.8) is 0 Å². The number of rotatable bonds is 6. The first-order valence-corrected chi connectivity index (χ1v) is 7.35. The summed E-state index contributed by atoms with van der Waals surface area (Å²) >= 11 is 0. The SMILES string of the molecule is C[C@H](Cn1cc([N+](=O)[O-])cn1)C(=O)NNC(=O)Cc1ccc(F)cc1. The molecule has 0 saturated heterocycles. The second-order valence-electron chi connectivity index (χ2n) is 5.42.